The molecular formula is C17H12CrO6. The molecule has 1 aromatic rings. The van der Waals surface area contributed by atoms with Gasteiger partial charge in [0.05, 0.1) is 0 Å². The van der Waals surface area contributed by atoms with Gasteiger partial charge >= 0.3 is 56.5 Å². The summed E-state index contributed by atoms with van der Waals surface area (Å²) in [5.41, 5.74) is 1.18. The Morgan fingerprint density at radius 2 is 1.21 bits per heavy atom. The number of rotatable bonds is 4. The quantitative estimate of drug-likeness (QED) is 0.457. The van der Waals surface area contributed by atoms with Gasteiger partial charge in [-0.2, -0.15) is 0 Å². The largest absolute Gasteiger partial charge is 0 e. The van der Waals surface area contributed by atoms with Crippen LogP contribution in [0.25, 0.3) is 6.08 Å². The van der Waals surface area contributed by atoms with Crippen LogP contribution in [0.3, 0.4) is 0 Å². The van der Waals surface area contributed by atoms with E-state index in [-0.39, 0.29) is 17.4 Å². The molecule has 0 aliphatic rings. The van der Waals surface area contributed by atoms with Gasteiger partial charge in [0.1, 0.15) is 0 Å². The third kappa shape index (κ3) is 42.7. The van der Waals surface area contributed by atoms with Crippen LogP contribution in [0.15, 0.2) is 48.6 Å². The molecule has 0 aliphatic carbocycles. The van der Waals surface area contributed by atoms with Crippen molar-refractivity contribution in [3.8, 4) is 0 Å². The summed E-state index contributed by atoms with van der Waals surface area (Å²) in [5.74, 6) is 0. The maximum atomic E-state index is 7.50. The van der Waals surface area contributed by atoms with E-state index in [4.69, 9.17) is 23.3 Å². The summed E-state index contributed by atoms with van der Waals surface area (Å²) in [7, 11) is 1.57. The molecule has 6 nitrogen and oxygen atoms in total. The Labute approximate surface area is 152 Å². The van der Waals surface area contributed by atoms with Crippen LogP contribution in [0.2, 0.25) is 0 Å². The van der Waals surface area contributed by atoms with Gasteiger partial charge in [-0.25, -0.2) is 0 Å². The molecule has 0 atom stereocenters. The van der Waals surface area contributed by atoms with E-state index in [0.29, 0.717) is 0 Å². The summed E-state index contributed by atoms with van der Waals surface area (Å²) >= 11 is 0. The third-order valence-electron chi connectivity index (χ3n) is 1.48. The molecule has 0 aromatic heterocycles. The van der Waals surface area contributed by atoms with Crippen molar-refractivity contribution in [1.29, 1.82) is 0 Å². The van der Waals surface area contributed by atoms with Crippen molar-refractivity contribution >= 4 is 6.08 Å². The van der Waals surface area contributed by atoms with Crippen molar-refractivity contribution in [2.75, 3.05) is 7.11 Å². The topological polar surface area (TPSA) is 109 Å². The minimum absolute atomic E-state index is 0. The molecule has 0 bridgehead atoms. The fraction of sp³-hybridized carbons (Fsp3) is 0.0588. The van der Waals surface area contributed by atoms with Gasteiger partial charge in [0.15, 0.2) is 6.61 Å². The van der Waals surface area contributed by atoms with Crippen LogP contribution in [0, 0.1) is 39.9 Å². The first kappa shape index (κ1) is 37.8. The van der Waals surface area contributed by atoms with E-state index in [9.17, 15) is 0 Å². The molecule has 0 saturated carbocycles. The van der Waals surface area contributed by atoms with Crippen LogP contribution in [0.5, 0.6) is 0 Å². The minimum Gasteiger partial charge on any atom is 0 e. The van der Waals surface area contributed by atoms with Crippen LogP contribution >= 0.6 is 0 Å². The predicted molar refractivity (Wildman–Crippen MR) is 74.5 cm³/mol. The first-order valence-electron chi connectivity index (χ1n) is 5.12. The molecule has 1 aromatic carbocycles. The number of methoxy groups -OCH3 is 1. The molecule has 0 spiro atoms. The molecule has 1 rings (SSSR count). The zero-order chi connectivity index (χ0) is 19.4. The van der Waals surface area contributed by atoms with Gasteiger partial charge in [0, 0.05) is 24.5 Å². The van der Waals surface area contributed by atoms with Crippen molar-refractivity contribution < 1.29 is 45.4 Å². The monoisotopic (exact) mass is 364 g/mol. The number of hydrogen-bond donors (Lipinski definition) is 0. The van der Waals surface area contributed by atoms with Crippen molar-refractivity contribution in [2.45, 2.75) is 0 Å². The van der Waals surface area contributed by atoms with Gasteiger partial charge in [-0.1, -0.05) is 48.6 Å². The third-order valence-corrected chi connectivity index (χ3v) is 1.48. The molecule has 0 aliphatic heterocycles. The van der Waals surface area contributed by atoms with E-state index in [0.717, 1.165) is 0 Å². The number of benzene rings is 1. The van der Waals surface area contributed by atoms with Crippen LogP contribution in [0.4, 0.5) is 0 Å². The second-order valence-corrected chi connectivity index (χ2v) is 2.45. The Kier molecular flexibility index (Phi) is 92.2. The first-order chi connectivity index (χ1) is 11.4. The van der Waals surface area contributed by atoms with Gasteiger partial charge in [-0.15, -0.1) is 0 Å². The summed E-state index contributed by atoms with van der Waals surface area (Å²) in [6, 6.07) is 10.1. The normalized spacial score (nSPS) is 6.62. The molecule has 0 saturated heterocycles. The fourth-order valence-corrected chi connectivity index (χ4v) is 0.894. The second-order valence-electron chi connectivity index (χ2n) is 2.45. The van der Waals surface area contributed by atoms with E-state index in [1.165, 1.54) is 5.56 Å². The Balaban J connectivity index is -0.0000000634. The SMILES string of the molecule is CO[C]/C=C/C=C/c1ccccc1.[C-]#[O+].[C-]#[O+].[C-]#[O+].[C-]#[O+].[C-]#[O+].[Cr]. The van der Waals surface area contributed by atoms with Crippen molar-refractivity contribution in [1.82, 2.24) is 0 Å². The second kappa shape index (κ2) is 58.5. The average Bonchev–Trinajstić information content (AvgIpc) is 2.70. The first-order valence-corrected chi connectivity index (χ1v) is 5.12. The van der Waals surface area contributed by atoms with Crippen molar-refractivity contribution in [2.24, 2.45) is 0 Å². The van der Waals surface area contributed by atoms with Crippen LogP contribution in [-0.4, -0.2) is 7.11 Å². The smallest absolute Gasteiger partial charge is 0 e. The zero-order valence-electron chi connectivity index (χ0n) is 12.6. The average molecular weight is 364 g/mol. The molecule has 7 heteroatoms. The van der Waals surface area contributed by atoms with Crippen LogP contribution in [0.1, 0.15) is 5.56 Å². The van der Waals surface area contributed by atoms with Crippen molar-refractivity contribution in [3.05, 3.63) is 94.0 Å². The molecular weight excluding hydrogens is 352 g/mol. The molecule has 0 amide bonds. The number of allylic oxidation sites excluding steroid dienone is 2. The summed E-state index contributed by atoms with van der Waals surface area (Å²) < 4.78 is 42.1. The summed E-state index contributed by atoms with van der Waals surface area (Å²) in [5, 5.41) is 0. The summed E-state index contributed by atoms with van der Waals surface area (Å²) in [6.45, 7) is 25.1. The standard InChI is InChI=1S/C12H12O.5CO.Cr/c1-13-11-7-3-6-10-12-8-4-2-5-9-12;5*1-2;/h2-10H,1H3;;;;;;/b7-3+,10-6+;;;;;;. The van der Waals surface area contributed by atoms with E-state index < -0.39 is 0 Å². The molecule has 122 valence electrons. The molecule has 2 radical (unpaired) electrons. The number of ether oxygens (including phenoxy) is 1. The van der Waals surface area contributed by atoms with Gasteiger partial charge in [0.2, 0.25) is 0 Å². The van der Waals surface area contributed by atoms with E-state index in [1.807, 2.05) is 48.6 Å². The Morgan fingerprint density at radius 3 is 1.58 bits per heavy atom. The summed E-state index contributed by atoms with van der Waals surface area (Å²) in [6.07, 6.45) is 7.56. The zero-order valence-corrected chi connectivity index (χ0v) is 13.8. The molecule has 0 N–H and O–H groups in total. The van der Waals surface area contributed by atoms with Gasteiger partial charge in [-0.05, 0) is 11.6 Å². The molecule has 0 unspecified atom stereocenters. The van der Waals surface area contributed by atoms with Gasteiger partial charge < -0.3 is 4.74 Å². The summed E-state index contributed by atoms with van der Waals surface area (Å²) in [4.78, 5) is 0. The van der Waals surface area contributed by atoms with E-state index >= 15 is 0 Å². The van der Waals surface area contributed by atoms with Gasteiger partial charge in [0.25, 0.3) is 0 Å². The maximum absolute atomic E-state index is 7.50. The van der Waals surface area contributed by atoms with Gasteiger partial charge in [-0.3, -0.25) is 0 Å². The van der Waals surface area contributed by atoms with Crippen molar-refractivity contribution in [3.63, 3.8) is 0 Å². The Morgan fingerprint density at radius 1 is 0.792 bits per heavy atom. The van der Waals surface area contributed by atoms with Crippen LogP contribution in [-0.2, 0) is 45.4 Å². The molecule has 24 heavy (non-hydrogen) atoms. The van der Waals surface area contributed by atoms with E-state index in [1.54, 1.807) is 13.2 Å². The predicted octanol–water partition coefficient (Wildman–Crippen LogP) is 2.75. The minimum atomic E-state index is 0. The van der Waals surface area contributed by atoms with Crippen LogP contribution < -0.4 is 0 Å². The fourth-order valence-electron chi connectivity index (χ4n) is 0.894. The van der Waals surface area contributed by atoms with E-state index in [2.05, 4.69) is 44.6 Å². The maximum Gasteiger partial charge on any atom is 0 e. The Bertz CT molecular complexity index is 435. The molecule has 0 fully saturated rings. The Hall–Kier alpha value is -2.11. The molecule has 0 heterocycles. The number of hydrogen-bond acceptors (Lipinski definition) is 1.